The zero-order valence-electron chi connectivity index (χ0n) is 15.3. The van der Waals surface area contributed by atoms with Gasteiger partial charge in [0, 0.05) is 24.1 Å². The summed E-state index contributed by atoms with van der Waals surface area (Å²) >= 11 is 0. The molecule has 0 unspecified atom stereocenters. The van der Waals surface area contributed by atoms with Crippen molar-refractivity contribution in [1.29, 1.82) is 5.26 Å². The highest BCUT2D eigenvalue weighted by Crippen LogP contribution is 2.30. The third-order valence-electron chi connectivity index (χ3n) is 4.85. The number of aromatic amines is 1. The Bertz CT molecular complexity index is 1080. The van der Waals surface area contributed by atoms with Gasteiger partial charge in [-0.05, 0) is 66.6 Å². The number of fused-ring (bicyclic) bond motifs is 1. The average Bonchev–Trinajstić information content (AvgIpc) is 2.61. The lowest BCUT2D eigenvalue weighted by molar-refractivity contribution is 0.299. The fourth-order valence-corrected chi connectivity index (χ4v) is 3.42. The standard InChI is InChI=1S/C22H21FN2O2/c1-14-7-15(9-19(23)8-14)12-22(2,13-24)18-4-3-16-10-17(5-6-26)21(27)25-20(16)11-18/h3-4,7-11,26H,5-6,12H2,1-2H3,(H,25,27)/t22-/m0/s1. The Morgan fingerprint density at radius 3 is 2.67 bits per heavy atom. The van der Waals surface area contributed by atoms with E-state index in [0.717, 1.165) is 22.1 Å². The first kappa shape index (κ1) is 18.8. The Hall–Kier alpha value is -2.97. The lowest BCUT2D eigenvalue weighted by Gasteiger charge is -2.23. The van der Waals surface area contributed by atoms with Crippen molar-refractivity contribution in [2.75, 3.05) is 6.61 Å². The molecule has 0 aliphatic heterocycles. The maximum atomic E-state index is 13.7. The molecule has 0 aliphatic rings. The molecule has 4 nitrogen and oxygen atoms in total. The lowest BCUT2D eigenvalue weighted by atomic mass is 9.78. The molecule has 1 heterocycles. The highest BCUT2D eigenvalue weighted by molar-refractivity contribution is 5.80. The summed E-state index contributed by atoms with van der Waals surface area (Å²) in [5.41, 5.74) is 2.37. The van der Waals surface area contributed by atoms with E-state index in [9.17, 15) is 14.4 Å². The summed E-state index contributed by atoms with van der Waals surface area (Å²) < 4.78 is 13.7. The minimum Gasteiger partial charge on any atom is -0.396 e. The van der Waals surface area contributed by atoms with Crippen molar-refractivity contribution in [2.45, 2.75) is 32.1 Å². The quantitative estimate of drug-likeness (QED) is 0.727. The summed E-state index contributed by atoms with van der Waals surface area (Å²) in [6, 6.07) is 14.4. The van der Waals surface area contributed by atoms with Crippen LogP contribution in [0.25, 0.3) is 10.9 Å². The minimum atomic E-state index is -0.866. The number of aliphatic hydroxyl groups is 1. The zero-order chi connectivity index (χ0) is 19.6. The largest absolute Gasteiger partial charge is 0.396 e. The molecule has 2 N–H and O–H groups in total. The first-order chi connectivity index (χ1) is 12.8. The van der Waals surface area contributed by atoms with E-state index in [-0.39, 0.29) is 18.0 Å². The van der Waals surface area contributed by atoms with Crippen LogP contribution in [0.4, 0.5) is 4.39 Å². The lowest BCUT2D eigenvalue weighted by Crippen LogP contribution is -2.23. The van der Waals surface area contributed by atoms with E-state index >= 15 is 0 Å². The van der Waals surface area contributed by atoms with Gasteiger partial charge in [-0.25, -0.2) is 4.39 Å². The predicted molar refractivity (Wildman–Crippen MR) is 103 cm³/mol. The second-order valence-corrected chi connectivity index (χ2v) is 7.16. The number of hydrogen-bond donors (Lipinski definition) is 2. The monoisotopic (exact) mass is 364 g/mol. The Balaban J connectivity index is 2.03. The Morgan fingerprint density at radius 1 is 1.22 bits per heavy atom. The third kappa shape index (κ3) is 3.91. The van der Waals surface area contributed by atoms with Crippen LogP contribution in [-0.2, 0) is 18.3 Å². The average molecular weight is 364 g/mol. The summed E-state index contributed by atoms with van der Waals surface area (Å²) in [5.74, 6) is -0.315. The summed E-state index contributed by atoms with van der Waals surface area (Å²) in [7, 11) is 0. The summed E-state index contributed by atoms with van der Waals surface area (Å²) in [6.07, 6.45) is 0.655. The number of nitrogens with one attached hydrogen (secondary N) is 1. The predicted octanol–water partition coefficient (Wildman–Crippen LogP) is 3.53. The van der Waals surface area contributed by atoms with Gasteiger partial charge in [0.1, 0.15) is 5.82 Å². The first-order valence-electron chi connectivity index (χ1n) is 8.79. The summed E-state index contributed by atoms with van der Waals surface area (Å²) in [5, 5.41) is 19.7. The number of aromatic nitrogens is 1. The van der Waals surface area contributed by atoms with Gasteiger partial charge in [-0.2, -0.15) is 5.26 Å². The first-order valence-corrected chi connectivity index (χ1v) is 8.79. The fourth-order valence-electron chi connectivity index (χ4n) is 3.42. The number of aryl methyl sites for hydroxylation is 1. The summed E-state index contributed by atoms with van der Waals surface area (Å²) in [4.78, 5) is 15.0. The van der Waals surface area contributed by atoms with E-state index in [1.54, 1.807) is 12.1 Å². The molecular formula is C22H21FN2O2. The van der Waals surface area contributed by atoms with Crippen LogP contribution in [0.15, 0.2) is 47.3 Å². The van der Waals surface area contributed by atoms with E-state index in [4.69, 9.17) is 5.11 Å². The molecule has 0 saturated carbocycles. The van der Waals surface area contributed by atoms with Gasteiger partial charge < -0.3 is 10.1 Å². The molecule has 0 amide bonds. The van der Waals surface area contributed by atoms with Crippen molar-refractivity contribution in [3.05, 3.63) is 80.9 Å². The topological polar surface area (TPSA) is 76.9 Å². The Labute approximate surface area is 156 Å². The zero-order valence-corrected chi connectivity index (χ0v) is 15.3. The molecule has 3 rings (SSSR count). The molecule has 1 atom stereocenters. The third-order valence-corrected chi connectivity index (χ3v) is 4.85. The van der Waals surface area contributed by atoms with E-state index in [1.165, 1.54) is 12.1 Å². The number of nitriles is 1. The van der Waals surface area contributed by atoms with Gasteiger partial charge in [-0.1, -0.05) is 18.2 Å². The highest BCUT2D eigenvalue weighted by atomic mass is 19.1. The van der Waals surface area contributed by atoms with Gasteiger partial charge in [0.2, 0.25) is 0 Å². The number of rotatable bonds is 5. The van der Waals surface area contributed by atoms with Gasteiger partial charge in [-0.15, -0.1) is 0 Å². The smallest absolute Gasteiger partial charge is 0.251 e. The van der Waals surface area contributed by atoms with Crippen LogP contribution in [-0.4, -0.2) is 16.7 Å². The maximum Gasteiger partial charge on any atom is 0.251 e. The second-order valence-electron chi connectivity index (χ2n) is 7.16. The van der Waals surface area contributed by atoms with Crippen LogP contribution >= 0.6 is 0 Å². The highest BCUT2D eigenvalue weighted by Gasteiger charge is 2.27. The molecule has 138 valence electrons. The number of pyridine rings is 1. The van der Waals surface area contributed by atoms with Gasteiger partial charge in [0.15, 0.2) is 0 Å². The van der Waals surface area contributed by atoms with E-state index in [1.807, 2.05) is 32.0 Å². The van der Waals surface area contributed by atoms with Crippen LogP contribution in [0.1, 0.15) is 29.2 Å². The van der Waals surface area contributed by atoms with Gasteiger partial charge in [0.05, 0.1) is 11.5 Å². The van der Waals surface area contributed by atoms with Crippen molar-refractivity contribution in [3.8, 4) is 6.07 Å². The second kappa shape index (κ2) is 7.34. The molecule has 3 aromatic rings. The molecule has 0 fully saturated rings. The van der Waals surface area contributed by atoms with Crippen molar-refractivity contribution >= 4 is 10.9 Å². The van der Waals surface area contributed by atoms with Crippen LogP contribution in [0, 0.1) is 24.1 Å². The minimum absolute atomic E-state index is 0.0910. The maximum absolute atomic E-state index is 13.7. The number of benzene rings is 2. The van der Waals surface area contributed by atoms with Crippen molar-refractivity contribution < 1.29 is 9.50 Å². The Morgan fingerprint density at radius 2 is 2.00 bits per heavy atom. The summed E-state index contributed by atoms with van der Waals surface area (Å²) in [6.45, 7) is 3.54. The van der Waals surface area contributed by atoms with Crippen LogP contribution in [0.3, 0.4) is 0 Å². The molecule has 0 saturated heterocycles. The van der Waals surface area contributed by atoms with Crippen LogP contribution in [0.5, 0.6) is 0 Å². The van der Waals surface area contributed by atoms with Crippen LogP contribution < -0.4 is 5.56 Å². The number of halogens is 1. The number of hydrogen-bond acceptors (Lipinski definition) is 3. The fraction of sp³-hybridized carbons (Fsp3) is 0.273. The van der Waals surface area contributed by atoms with E-state index in [0.29, 0.717) is 23.9 Å². The molecule has 0 bridgehead atoms. The van der Waals surface area contributed by atoms with Crippen LogP contribution in [0.2, 0.25) is 0 Å². The molecule has 5 heteroatoms. The van der Waals surface area contributed by atoms with Crippen molar-refractivity contribution in [1.82, 2.24) is 4.98 Å². The molecule has 0 spiro atoms. The number of nitrogens with zero attached hydrogens (tertiary/aromatic N) is 1. The van der Waals surface area contributed by atoms with Crippen molar-refractivity contribution in [3.63, 3.8) is 0 Å². The molecule has 1 aromatic heterocycles. The molecule has 2 aromatic carbocycles. The SMILES string of the molecule is Cc1cc(F)cc(C[C@@](C)(C#N)c2ccc3cc(CCO)c(=O)[nH]c3c2)c1. The molecule has 0 radical (unpaired) electrons. The Kier molecular flexibility index (Phi) is 5.11. The van der Waals surface area contributed by atoms with Gasteiger partial charge in [-0.3, -0.25) is 4.79 Å². The van der Waals surface area contributed by atoms with E-state index < -0.39 is 5.41 Å². The van der Waals surface area contributed by atoms with Crippen molar-refractivity contribution in [2.24, 2.45) is 0 Å². The number of aliphatic hydroxyl groups excluding tert-OH is 1. The molecule has 0 aliphatic carbocycles. The molecule has 27 heavy (non-hydrogen) atoms. The van der Waals surface area contributed by atoms with Gasteiger partial charge >= 0.3 is 0 Å². The number of H-pyrrole nitrogens is 1. The normalized spacial score (nSPS) is 13.3. The molecular weight excluding hydrogens is 343 g/mol. The van der Waals surface area contributed by atoms with Gasteiger partial charge in [0.25, 0.3) is 5.56 Å². The van der Waals surface area contributed by atoms with E-state index in [2.05, 4.69) is 11.1 Å².